The van der Waals surface area contributed by atoms with Crippen LogP contribution in [-0.2, 0) is 19.1 Å². The van der Waals surface area contributed by atoms with Crippen molar-refractivity contribution in [2.45, 2.75) is 44.9 Å². The Balaban J connectivity index is 1.31. The Labute approximate surface area is 150 Å². The lowest BCUT2D eigenvalue weighted by Crippen LogP contribution is -2.48. The van der Waals surface area contributed by atoms with Crippen LogP contribution >= 0.6 is 0 Å². The number of carbonyl (C=O) groups excluding carboxylic acids is 2. The molecular weight excluding hydrogens is 320 g/mol. The maximum absolute atomic E-state index is 12.4. The first-order valence-electron chi connectivity index (χ1n) is 9.69. The SMILES string of the molecule is COCCOCCNC(=O)CNC(=O)CC12CC3CC(CC(C3)C1)C2. The highest BCUT2D eigenvalue weighted by atomic mass is 16.5. The lowest BCUT2D eigenvalue weighted by molar-refractivity contribution is -0.132. The molecule has 25 heavy (non-hydrogen) atoms. The van der Waals surface area contributed by atoms with Crippen LogP contribution in [0.25, 0.3) is 0 Å². The van der Waals surface area contributed by atoms with Crippen LogP contribution < -0.4 is 10.6 Å². The van der Waals surface area contributed by atoms with Crippen molar-refractivity contribution in [1.82, 2.24) is 10.6 Å². The summed E-state index contributed by atoms with van der Waals surface area (Å²) in [6.07, 6.45) is 8.41. The zero-order valence-electron chi connectivity index (χ0n) is 15.4. The molecule has 0 heterocycles. The molecule has 2 amide bonds. The minimum absolute atomic E-state index is 0.0356. The lowest BCUT2D eigenvalue weighted by atomic mass is 9.49. The molecule has 142 valence electrons. The molecule has 4 bridgehead atoms. The molecule has 6 heteroatoms. The monoisotopic (exact) mass is 352 g/mol. The van der Waals surface area contributed by atoms with Crippen molar-refractivity contribution in [3.8, 4) is 0 Å². The summed E-state index contributed by atoms with van der Waals surface area (Å²) in [7, 11) is 1.62. The van der Waals surface area contributed by atoms with Gasteiger partial charge in [0.05, 0.1) is 26.4 Å². The highest BCUT2D eigenvalue weighted by Crippen LogP contribution is 2.61. The van der Waals surface area contributed by atoms with Gasteiger partial charge in [-0.3, -0.25) is 9.59 Å². The molecule has 4 saturated carbocycles. The van der Waals surface area contributed by atoms with Gasteiger partial charge in [0.25, 0.3) is 0 Å². The average Bonchev–Trinajstić information content (AvgIpc) is 2.54. The predicted molar refractivity (Wildman–Crippen MR) is 93.9 cm³/mol. The number of methoxy groups -OCH3 is 1. The first-order chi connectivity index (χ1) is 12.1. The van der Waals surface area contributed by atoms with Crippen LogP contribution in [0.15, 0.2) is 0 Å². The van der Waals surface area contributed by atoms with Crippen molar-refractivity contribution in [2.75, 3.05) is 40.0 Å². The van der Waals surface area contributed by atoms with E-state index in [2.05, 4.69) is 10.6 Å². The largest absolute Gasteiger partial charge is 0.382 e. The molecule has 4 rings (SSSR count). The Hall–Kier alpha value is -1.14. The van der Waals surface area contributed by atoms with E-state index >= 15 is 0 Å². The van der Waals surface area contributed by atoms with E-state index in [0.717, 1.165) is 17.8 Å². The average molecular weight is 352 g/mol. The van der Waals surface area contributed by atoms with E-state index in [9.17, 15) is 9.59 Å². The summed E-state index contributed by atoms with van der Waals surface area (Å²) < 4.78 is 10.2. The molecule has 4 aliphatic rings. The fourth-order valence-corrected chi connectivity index (χ4v) is 5.66. The van der Waals surface area contributed by atoms with Crippen molar-refractivity contribution in [1.29, 1.82) is 0 Å². The Kier molecular flexibility index (Phi) is 6.34. The number of hydrogen-bond acceptors (Lipinski definition) is 4. The van der Waals surface area contributed by atoms with E-state index < -0.39 is 0 Å². The van der Waals surface area contributed by atoms with Gasteiger partial charge in [-0.1, -0.05) is 0 Å². The normalized spacial score (nSPS) is 32.6. The molecule has 0 aromatic rings. The van der Waals surface area contributed by atoms with Gasteiger partial charge in [0.1, 0.15) is 0 Å². The summed E-state index contributed by atoms with van der Waals surface area (Å²) in [5, 5.41) is 5.56. The van der Waals surface area contributed by atoms with Crippen LogP contribution in [0.1, 0.15) is 44.9 Å². The van der Waals surface area contributed by atoms with E-state index in [1.54, 1.807) is 7.11 Å². The molecule has 0 atom stereocenters. The molecule has 4 aliphatic carbocycles. The molecular formula is C19H32N2O4. The third-order valence-electron chi connectivity index (χ3n) is 6.15. The molecule has 4 fully saturated rings. The standard InChI is InChI=1S/C19H32N2O4/c1-24-4-5-25-3-2-20-18(23)13-21-17(22)12-19-9-14-6-15(10-19)8-16(7-14)11-19/h14-16H,2-13H2,1H3,(H,20,23)(H,21,22). The van der Waals surface area contributed by atoms with Crippen molar-refractivity contribution in [3.63, 3.8) is 0 Å². The summed E-state index contributed by atoms with van der Waals surface area (Å²) in [5.74, 6) is 2.42. The Bertz CT molecular complexity index is 445. The second kappa shape index (κ2) is 8.49. The number of ether oxygens (including phenoxy) is 2. The number of carbonyl (C=O) groups is 2. The van der Waals surface area contributed by atoms with Crippen LogP contribution in [0, 0.1) is 23.2 Å². The Morgan fingerprint density at radius 2 is 1.56 bits per heavy atom. The number of rotatable bonds is 10. The Morgan fingerprint density at radius 3 is 2.16 bits per heavy atom. The Morgan fingerprint density at radius 1 is 0.920 bits per heavy atom. The van der Waals surface area contributed by atoms with Crippen molar-refractivity contribution in [3.05, 3.63) is 0 Å². The van der Waals surface area contributed by atoms with Gasteiger partial charge < -0.3 is 20.1 Å². The highest BCUT2D eigenvalue weighted by molar-refractivity contribution is 5.84. The van der Waals surface area contributed by atoms with E-state index in [1.165, 1.54) is 38.5 Å². The van der Waals surface area contributed by atoms with Crippen molar-refractivity contribution < 1.29 is 19.1 Å². The molecule has 0 saturated heterocycles. The minimum atomic E-state index is -0.158. The van der Waals surface area contributed by atoms with E-state index in [0.29, 0.717) is 32.8 Å². The number of amides is 2. The van der Waals surface area contributed by atoms with Crippen LogP contribution in [0.2, 0.25) is 0 Å². The van der Waals surface area contributed by atoms with Gasteiger partial charge in [-0.15, -0.1) is 0 Å². The minimum Gasteiger partial charge on any atom is -0.382 e. The zero-order chi connectivity index (χ0) is 17.7. The first-order valence-corrected chi connectivity index (χ1v) is 9.69. The second-order valence-corrected chi connectivity index (χ2v) is 8.33. The smallest absolute Gasteiger partial charge is 0.239 e. The molecule has 6 nitrogen and oxygen atoms in total. The van der Waals surface area contributed by atoms with Gasteiger partial charge in [0, 0.05) is 20.1 Å². The van der Waals surface area contributed by atoms with Crippen LogP contribution in [0.5, 0.6) is 0 Å². The van der Waals surface area contributed by atoms with Gasteiger partial charge in [-0.2, -0.15) is 0 Å². The molecule has 0 spiro atoms. The fourth-order valence-electron chi connectivity index (χ4n) is 5.66. The topological polar surface area (TPSA) is 76.7 Å². The molecule has 2 N–H and O–H groups in total. The zero-order valence-corrected chi connectivity index (χ0v) is 15.4. The highest BCUT2D eigenvalue weighted by Gasteiger charge is 2.51. The van der Waals surface area contributed by atoms with Crippen molar-refractivity contribution in [2.24, 2.45) is 23.2 Å². The van der Waals surface area contributed by atoms with Crippen LogP contribution in [-0.4, -0.2) is 51.8 Å². The second-order valence-electron chi connectivity index (χ2n) is 8.33. The van der Waals surface area contributed by atoms with Gasteiger partial charge in [-0.25, -0.2) is 0 Å². The van der Waals surface area contributed by atoms with E-state index in [-0.39, 0.29) is 23.8 Å². The molecule has 0 aromatic heterocycles. The van der Waals surface area contributed by atoms with Gasteiger partial charge in [-0.05, 0) is 61.7 Å². The molecule has 0 unspecified atom stereocenters. The van der Waals surface area contributed by atoms with Gasteiger partial charge in [0.2, 0.25) is 11.8 Å². The quantitative estimate of drug-likeness (QED) is 0.584. The van der Waals surface area contributed by atoms with Crippen LogP contribution in [0.4, 0.5) is 0 Å². The summed E-state index contributed by atoms with van der Waals surface area (Å²) in [4.78, 5) is 24.1. The van der Waals surface area contributed by atoms with Gasteiger partial charge >= 0.3 is 0 Å². The summed E-state index contributed by atoms with van der Waals surface area (Å²) in [5.41, 5.74) is 0.227. The maximum Gasteiger partial charge on any atom is 0.239 e. The third kappa shape index (κ3) is 5.17. The number of hydrogen-bond donors (Lipinski definition) is 2. The fraction of sp³-hybridized carbons (Fsp3) is 0.895. The van der Waals surface area contributed by atoms with Gasteiger partial charge in [0.15, 0.2) is 0 Å². The van der Waals surface area contributed by atoms with E-state index in [1.807, 2.05) is 0 Å². The van der Waals surface area contributed by atoms with Crippen LogP contribution in [0.3, 0.4) is 0 Å². The maximum atomic E-state index is 12.4. The number of nitrogens with one attached hydrogen (secondary N) is 2. The summed E-state index contributed by atoms with van der Waals surface area (Å²) in [6.45, 7) is 2.04. The molecule has 0 radical (unpaired) electrons. The molecule has 0 aliphatic heterocycles. The van der Waals surface area contributed by atoms with E-state index in [4.69, 9.17) is 9.47 Å². The first kappa shape index (κ1) is 18.6. The third-order valence-corrected chi connectivity index (χ3v) is 6.15. The molecule has 0 aromatic carbocycles. The summed E-state index contributed by atoms with van der Waals surface area (Å²) >= 11 is 0. The van der Waals surface area contributed by atoms with Crippen molar-refractivity contribution >= 4 is 11.8 Å². The predicted octanol–water partition coefficient (Wildman–Crippen LogP) is 1.49. The lowest BCUT2D eigenvalue weighted by Gasteiger charge is -2.56. The summed E-state index contributed by atoms with van der Waals surface area (Å²) in [6, 6.07) is 0.